The monoisotopic (exact) mass is 549 g/mol. The number of hydrogen-bond donors (Lipinski definition) is 3. The lowest BCUT2D eigenvalue weighted by atomic mass is 10.1. The van der Waals surface area contributed by atoms with Gasteiger partial charge in [0, 0.05) is 10.0 Å². The van der Waals surface area contributed by atoms with Crippen LogP contribution in [0.15, 0.2) is 46.9 Å². The van der Waals surface area contributed by atoms with E-state index in [9.17, 15) is 9.59 Å². The van der Waals surface area contributed by atoms with Crippen molar-refractivity contribution in [1.82, 2.24) is 16.2 Å². The molecule has 3 N–H and O–H groups in total. The molecular formula is C25H32BrN3O4S. The number of halogens is 1. The zero-order valence-corrected chi connectivity index (χ0v) is 22.3. The molecule has 0 heterocycles. The molecule has 0 aliphatic rings. The minimum absolute atomic E-state index is 0.0416. The van der Waals surface area contributed by atoms with E-state index in [2.05, 4.69) is 59.8 Å². The van der Waals surface area contributed by atoms with Gasteiger partial charge in [-0.2, -0.15) is 0 Å². The van der Waals surface area contributed by atoms with Crippen molar-refractivity contribution in [2.24, 2.45) is 11.8 Å². The molecular weight excluding hydrogens is 518 g/mol. The Morgan fingerprint density at radius 3 is 2.12 bits per heavy atom. The molecule has 0 aromatic heterocycles. The minimum atomic E-state index is -0.449. The molecule has 0 fully saturated rings. The van der Waals surface area contributed by atoms with Gasteiger partial charge in [0.25, 0.3) is 11.8 Å². The van der Waals surface area contributed by atoms with Gasteiger partial charge in [0.05, 0.1) is 18.8 Å². The maximum absolute atomic E-state index is 12.7. The van der Waals surface area contributed by atoms with Gasteiger partial charge in [-0.25, -0.2) is 0 Å². The quantitative estimate of drug-likeness (QED) is 0.277. The molecule has 184 valence electrons. The summed E-state index contributed by atoms with van der Waals surface area (Å²) in [7, 11) is 0. The summed E-state index contributed by atoms with van der Waals surface area (Å²) in [6.45, 7) is 9.60. The topological polar surface area (TPSA) is 88.7 Å². The number of amides is 2. The summed E-state index contributed by atoms with van der Waals surface area (Å²) in [6.07, 6.45) is 1.83. The zero-order valence-electron chi connectivity index (χ0n) is 19.9. The molecule has 9 heteroatoms. The number of carbonyl (C=O) groups excluding carboxylic acids is 2. The molecule has 0 bridgehead atoms. The first-order valence-corrected chi connectivity index (χ1v) is 12.4. The molecule has 0 aliphatic heterocycles. The molecule has 0 unspecified atom stereocenters. The Balaban J connectivity index is 1.87. The Bertz CT molecular complexity index is 981. The SMILES string of the molecule is CC(C)CCOc1ccc(C(=O)NNC(=S)NC(=O)c2cc(Br)ccc2OCCC(C)C)cc1. The highest BCUT2D eigenvalue weighted by atomic mass is 79.9. The van der Waals surface area contributed by atoms with Crippen LogP contribution in [0.5, 0.6) is 11.5 Å². The number of ether oxygens (including phenoxy) is 2. The van der Waals surface area contributed by atoms with E-state index in [-0.39, 0.29) is 5.11 Å². The predicted molar refractivity (Wildman–Crippen MR) is 141 cm³/mol. The Labute approximate surface area is 215 Å². The number of carbonyl (C=O) groups is 2. The zero-order chi connectivity index (χ0) is 25.1. The van der Waals surface area contributed by atoms with E-state index >= 15 is 0 Å². The van der Waals surface area contributed by atoms with E-state index < -0.39 is 11.8 Å². The van der Waals surface area contributed by atoms with E-state index in [4.69, 9.17) is 21.7 Å². The number of hydrogen-bond acceptors (Lipinski definition) is 5. The molecule has 7 nitrogen and oxygen atoms in total. The lowest BCUT2D eigenvalue weighted by molar-refractivity contribution is 0.0933. The van der Waals surface area contributed by atoms with E-state index in [0.717, 1.165) is 17.3 Å². The second kappa shape index (κ2) is 13.9. The number of hydrazine groups is 1. The fourth-order valence-corrected chi connectivity index (χ4v) is 3.22. The predicted octanol–water partition coefficient (Wildman–Crippen LogP) is 5.25. The fourth-order valence-electron chi connectivity index (χ4n) is 2.71. The molecule has 0 spiro atoms. The van der Waals surface area contributed by atoms with Crippen molar-refractivity contribution < 1.29 is 19.1 Å². The van der Waals surface area contributed by atoms with Gasteiger partial charge in [0.2, 0.25) is 0 Å². The lowest BCUT2D eigenvalue weighted by Gasteiger charge is -2.14. The first-order chi connectivity index (χ1) is 16.2. The third-order valence-electron chi connectivity index (χ3n) is 4.74. The van der Waals surface area contributed by atoms with Crippen LogP contribution < -0.4 is 25.6 Å². The van der Waals surface area contributed by atoms with Gasteiger partial charge in [-0.15, -0.1) is 0 Å². The third kappa shape index (κ3) is 9.69. The van der Waals surface area contributed by atoms with Gasteiger partial charge < -0.3 is 9.47 Å². The van der Waals surface area contributed by atoms with E-state index in [1.165, 1.54) is 0 Å². The maximum atomic E-state index is 12.7. The summed E-state index contributed by atoms with van der Waals surface area (Å²) in [5, 5.41) is 2.52. The van der Waals surface area contributed by atoms with Crippen molar-refractivity contribution in [3.8, 4) is 11.5 Å². The fraction of sp³-hybridized carbons (Fsp3) is 0.400. The van der Waals surface area contributed by atoms with Gasteiger partial charge in [-0.05, 0) is 79.4 Å². The number of nitrogens with one attached hydrogen (secondary N) is 3. The van der Waals surface area contributed by atoms with Crippen LogP contribution in [0.1, 0.15) is 61.3 Å². The van der Waals surface area contributed by atoms with E-state index in [0.29, 0.717) is 47.7 Å². The summed E-state index contributed by atoms with van der Waals surface area (Å²) in [6, 6.07) is 12.0. The van der Waals surface area contributed by atoms with Crippen LogP contribution in [0.4, 0.5) is 0 Å². The van der Waals surface area contributed by atoms with Crippen LogP contribution in [0.3, 0.4) is 0 Å². The highest BCUT2D eigenvalue weighted by Crippen LogP contribution is 2.24. The average Bonchev–Trinajstić information content (AvgIpc) is 2.78. The maximum Gasteiger partial charge on any atom is 0.269 e. The van der Waals surface area contributed by atoms with E-state index in [1.54, 1.807) is 42.5 Å². The summed E-state index contributed by atoms with van der Waals surface area (Å²) in [5.41, 5.74) is 5.79. The Morgan fingerprint density at radius 2 is 1.50 bits per heavy atom. The number of thiocarbonyl (C=S) groups is 1. The summed E-state index contributed by atoms with van der Waals surface area (Å²) in [5.74, 6) is 1.37. The van der Waals surface area contributed by atoms with Crippen molar-refractivity contribution in [2.45, 2.75) is 40.5 Å². The summed E-state index contributed by atoms with van der Waals surface area (Å²) < 4.78 is 12.2. The molecule has 2 amide bonds. The third-order valence-corrected chi connectivity index (χ3v) is 5.43. The first kappa shape index (κ1) is 27.6. The molecule has 2 aromatic carbocycles. The van der Waals surface area contributed by atoms with Gasteiger partial charge in [-0.3, -0.25) is 25.8 Å². The van der Waals surface area contributed by atoms with Gasteiger partial charge in [0.15, 0.2) is 5.11 Å². The molecule has 2 rings (SSSR count). The van der Waals surface area contributed by atoms with Crippen molar-refractivity contribution in [2.75, 3.05) is 13.2 Å². The highest BCUT2D eigenvalue weighted by Gasteiger charge is 2.16. The van der Waals surface area contributed by atoms with Crippen LogP contribution >= 0.6 is 28.1 Å². The molecule has 0 radical (unpaired) electrons. The average molecular weight is 551 g/mol. The molecule has 2 aromatic rings. The second-order valence-electron chi connectivity index (χ2n) is 8.59. The van der Waals surface area contributed by atoms with Crippen LogP contribution in [0, 0.1) is 11.8 Å². The Kier molecular flexibility index (Phi) is 11.3. The second-order valence-corrected chi connectivity index (χ2v) is 9.91. The Hall–Kier alpha value is -2.65. The van der Waals surface area contributed by atoms with Crippen molar-refractivity contribution in [3.05, 3.63) is 58.1 Å². The number of benzene rings is 2. The van der Waals surface area contributed by atoms with Crippen molar-refractivity contribution >= 4 is 45.1 Å². The Morgan fingerprint density at radius 1 is 0.882 bits per heavy atom. The highest BCUT2D eigenvalue weighted by molar-refractivity contribution is 9.10. The van der Waals surface area contributed by atoms with E-state index in [1.807, 2.05) is 0 Å². The lowest BCUT2D eigenvalue weighted by Crippen LogP contribution is -2.48. The minimum Gasteiger partial charge on any atom is -0.494 e. The molecule has 34 heavy (non-hydrogen) atoms. The molecule has 0 saturated carbocycles. The largest absolute Gasteiger partial charge is 0.494 e. The van der Waals surface area contributed by atoms with Crippen LogP contribution in [-0.2, 0) is 0 Å². The van der Waals surface area contributed by atoms with Crippen LogP contribution in [0.25, 0.3) is 0 Å². The molecule has 0 atom stereocenters. The normalized spacial score (nSPS) is 10.7. The molecule has 0 aliphatic carbocycles. The first-order valence-electron chi connectivity index (χ1n) is 11.2. The van der Waals surface area contributed by atoms with Gasteiger partial charge >= 0.3 is 0 Å². The van der Waals surface area contributed by atoms with Crippen molar-refractivity contribution in [3.63, 3.8) is 0 Å². The smallest absolute Gasteiger partial charge is 0.269 e. The molecule has 0 saturated heterocycles. The summed E-state index contributed by atoms with van der Waals surface area (Å²) >= 11 is 8.53. The van der Waals surface area contributed by atoms with Gasteiger partial charge in [-0.1, -0.05) is 43.6 Å². The van der Waals surface area contributed by atoms with Crippen LogP contribution in [-0.4, -0.2) is 30.1 Å². The van der Waals surface area contributed by atoms with Crippen molar-refractivity contribution in [1.29, 1.82) is 0 Å². The van der Waals surface area contributed by atoms with Gasteiger partial charge in [0.1, 0.15) is 11.5 Å². The summed E-state index contributed by atoms with van der Waals surface area (Å²) in [4.78, 5) is 25.1. The number of rotatable bonds is 10. The van der Waals surface area contributed by atoms with Crippen LogP contribution in [0.2, 0.25) is 0 Å². The standard InChI is InChI=1S/C25H32BrN3O4S/c1-16(2)11-13-32-20-8-5-18(6-9-20)23(30)28-29-25(34)27-24(31)21-15-19(26)7-10-22(21)33-14-12-17(3)4/h5-10,15-17H,11-14H2,1-4H3,(H,28,30)(H2,27,29,31,34).